The van der Waals surface area contributed by atoms with E-state index in [-0.39, 0.29) is 11.7 Å². The minimum Gasteiger partial charge on any atom is -0.460 e. The fourth-order valence-electron chi connectivity index (χ4n) is 1.33. The van der Waals surface area contributed by atoms with Crippen molar-refractivity contribution in [3.8, 4) is 0 Å². The first-order valence-corrected chi connectivity index (χ1v) is 6.34. The highest BCUT2D eigenvalue weighted by molar-refractivity contribution is 8.15. The molecule has 0 unspecified atom stereocenters. The number of hydrogen-bond acceptors (Lipinski definition) is 4. The Kier molecular flexibility index (Phi) is 5.16. The molecule has 0 heterocycles. The molecule has 18 heavy (non-hydrogen) atoms. The molecule has 0 radical (unpaired) electrons. The van der Waals surface area contributed by atoms with Crippen molar-refractivity contribution in [2.45, 2.75) is 25.2 Å². The average molecular weight is 264 g/mol. The maximum Gasteiger partial charge on any atom is 0.326 e. The highest BCUT2D eigenvalue weighted by atomic mass is 32.2. The zero-order valence-electron chi connectivity index (χ0n) is 10.5. The summed E-state index contributed by atoms with van der Waals surface area (Å²) in [6.45, 7) is 6.82. The van der Waals surface area contributed by atoms with Crippen molar-refractivity contribution in [1.29, 1.82) is 0 Å². The van der Waals surface area contributed by atoms with E-state index in [1.54, 1.807) is 6.92 Å². The van der Waals surface area contributed by atoms with E-state index in [0.29, 0.717) is 0 Å². The van der Waals surface area contributed by atoms with Gasteiger partial charge in [-0.1, -0.05) is 48.2 Å². The summed E-state index contributed by atoms with van der Waals surface area (Å²) in [5, 5.41) is -0.144. The van der Waals surface area contributed by atoms with Gasteiger partial charge in [0, 0.05) is 6.92 Å². The van der Waals surface area contributed by atoms with Gasteiger partial charge in [-0.25, -0.2) is 0 Å². The zero-order valence-corrected chi connectivity index (χ0v) is 11.3. The number of thioether (sulfide) groups is 1. The SMILES string of the molecule is C=C[C@@](C)(SC(C)=O)C(=O)OCc1ccccc1. The molecular formula is C14H16O3S. The van der Waals surface area contributed by atoms with Gasteiger partial charge in [-0.05, 0) is 12.5 Å². The molecule has 1 aromatic carbocycles. The lowest BCUT2D eigenvalue weighted by atomic mass is 10.2. The Morgan fingerprint density at radius 3 is 2.50 bits per heavy atom. The topological polar surface area (TPSA) is 43.4 Å². The molecule has 0 N–H and O–H groups in total. The number of hydrogen-bond donors (Lipinski definition) is 0. The summed E-state index contributed by atoms with van der Waals surface area (Å²) >= 11 is 0.914. The van der Waals surface area contributed by atoms with E-state index in [1.807, 2.05) is 30.3 Å². The number of esters is 1. The summed E-state index contributed by atoms with van der Waals surface area (Å²) in [4.78, 5) is 23.0. The third-order valence-electron chi connectivity index (χ3n) is 2.36. The minimum absolute atomic E-state index is 0.144. The molecule has 4 heteroatoms. The van der Waals surface area contributed by atoms with Crippen molar-refractivity contribution < 1.29 is 14.3 Å². The van der Waals surface area contributed by atoms with Crippen molar-refractivity contribution >= 4 is 22.8 Å². The van der Waals surface area contributed by atoms with Crippen molar-refractivity contribution in [2.24, 2.45) is 0 Å². The molecule has 0 aromatic heterocycles. The summed E-state index contributed by atoms with van der Waals surface area (Å²) in [6, 6.07) is 9.39. The molecule has 3 nitrogen and oxygen atoms in total. The van der Waals surface area contributed by atoms with Gasteiger partial charge < -0.3 is 4.74 Å². The summed E-state index contributed by atoms with van der Waals surface area (Å²) in [6.07, 6.45) is 1.44. The van der Waals surface area contributed by atoms with E-state index >= 15 is 0 Å². The smallest absolute Gasteiger partial charge is 0.326 e. The molecule has 1 aromatic rings. The second kappa shape index (κ2) is 6.40. The largest absolute Gasteiger partial charge is 0.460 e. The third-order valence-corrected chi connectivity index (χ3v) is 3.41. The van der Waals surface area contributed by atoms with E-state index in [9.17, 15) is 9.59 Å². The van der Waals surface area contributed by atoms with Crippen molar-refractivity contribution in [3.05, 3.63) is 48.6 Å². The number of carbonyl (C=O) groups is 2. The lowest BCUT2D eigenvalue weighted by Crippen LogP contribution is -2.32. The van der Waals surface area contributed by atoms with E-state index < -0.39 is 10.7 Å². The molecule has 0 bridgehead atoms. The van der Waals surface area contributed by atoms with Gasteiger partial charge in [0.2, 0.25) is 0 Å². The highest BCUT2D eigenvalue weighted by Crippen LogP contribution is 2.28. The molecule has 0 fully saturated rings. The summed E-state index contributed by atoms with van der Waals surface area (Å²) < 4.78 is 4.17. The van der Waals surface area contributed by atoms with Crippen LogP contribution in [0.15, 0.2) is 43.0 Å². The first kappa shape index (κ1) is 14.5. The van der Waals surface area contributed by atoms with Crippen LogP contribution in [-0.2, 0) is 20.9 Å². The molecule has 0 aliphatic heterocycles. The standard InChI is InChI=1S/C14H16O3S/c1-4-14(3,18-11(2)15)13(16)17-10-12-8-6-5-7-9-12/h4-9H,1,10H2,2-3H3/t14-/m1/s1. The fraction of sp³-hybridized carbons (Fsp3) is 0.286. The number of ether oxygens (including phenoxy) is 1. The third kappa shape index (κ3) is 4.04. The molecule has 0 saturated carbocycles. The van der Waals surface area contributed by atoms with Gasteiger partial charge in [0.25, 0.3) is 0 Å². The first-order valence-electron chi connectivity index (χ1n) is 5.52. The lowest BCUT2D eigenvalue weighted by molar-refractivity contribution is -0.146. The molecule has 0 amide bonds. The van der Waals surface area contributed by atoms with Gasteiger partial charge >= 0.3 is 5.97 Å². The van der Waals surface area contributed by atoms with E-state index in [0.717, 1.165) is 17.3 Å². The maximum atomic E-state index is 11.9. The van der Waals surface area contributed by atoms with Gasteiger partial charge in [0.05, 0.1) is 0 Å². The van der Waals surface area contributed by atoms with Crippen molar-refractivity contribution in [1.82, 2.24) is 0 Å². The Morgan fingerprint density at radius 1 is 1.39 bits per heavy atom. The van der Waals surface area contributed by atoms with Gasteiger partial charge in [0.1, 0.15) is 11.4 Å². The zero-order chi connectivity index (χ0) is 13.6. The van der Waals surface area contributed by atoms with E-state index in [4.69, 9.17) is 4.74 Å². The fourth-order valence-corrected chi connectivity index (χ4v) is 2.15. The molecule has 0 spiro atoms. The van der Waals surface area contributed by atoms with Crippen LogP contribution in [0.25, 0.3) is 0 Å². The van der Waals surface area contributed by atoms with Gasteiger partial charge in [-0.2, -0.15) is 0 Å². The highest BCUT2D eigenvalue weighted by Gasteiger charge is 2.34. The number of rotatable bonds is 5. The second-order valence-corrected chi connectivity index (χ2v) is 5.59. The molecule has 96 valence electrons. The molecule has 1 atom stereocenters. The van der Waals surface area contributed by atoms with E-state index in [2.05, 4.69) is 6.58 Å². The predicted octanol–water partition coefficient (Wildman–Crippen LogP) is 2.95. The van der Waals surface area contributed by atoms with Crippen molar-refractivity contribution in [2.75, 3.05) is 0 Å². The summed E-state index contributed by atoms with van der Waals surface area (Å²) in [7, 11) is 0. The molecular weight excluding hydrogens is 248 g/mol. The summed E-state index contributed by atoms with van der Waals surface area (Å²) in [5.74, 6) is -0.457. The van der Waals surface area contributed by atoms with Gasteiger partial charge in [0.15, 0.2) is 5.12 Å². The normalized spacial score (nSPS) is 13.4. The lowest BCUT2D eigenvalue weighted by Gasteiger charge is -2.21. The second-order valence-electron chi connectivity index (χ2n) is 3.97. The molecule has 0 saturated heterocycles. The van der Waals surface area contributed by atoms with Crippen LogP contribution in [-0.4, -0.2) is 15.8 Å². The predicted molar refractivity (Wildman–Crippen MR) is 73.1 cm³/mol. The Bertz CT molecular complexity index is 442. The van der Waals surface area contributed by atoms with Crippen LogP contribution in [0.2, 0.25) is 0 Å². The van der Waals surface area contributed by atoms with Crippen LogP contribution in [0.3, 0.4) is 0 Å². The molecule has 0 aliphatic rings. The van der Waals surface area contributed by atoms with Gasteiger partial charge in [-0.15, -0.1) is 6.58 Å². The minimum atomic E-state index is -1.03. The Morgan fingerprint density at radius 2 is 2.00 bits per heavy atom. The monoisotopic (exact) mass is 264 g/mol. The van der Waals surface area contributed by atoms with Crippen LogP contribution in [0.1, 0.15) is 19.4 Å². The summed E-state index contributed by atoms with van der Waals surface area (Å²) in [5.41, 5.74) is 0.907. The number of benzene rings is 1. The average Bonchev–Trinajstić information content (AvgIpc) is 2.36. The van der Waals surface area contributed by atoms with E-state index in [1.165, 1.54) is 13.0 Å². The van der Waals surface area contributed by atoms with Crippen LogP contribution < -0.4 is 0 Å². The Hall–Kier alpha value is -1.55. The van der Waals surface area contributed by atoms with Gasteiger partial charge in [-0.3, -0.25) is 9.59 Å². The Labute approximate surface area is 111 Å². The number of carbonyl (C=O) groups excluding carboxylic acids is 2. The Balaban J connectivity index is 2.63. The molecule has 0 aliphatic carbocycles. The van der Waals surface area contributed by atoms with Crippen LogP contribution in [0.4, 0.5) is 0 Å². The van der Waals surface area contributed by atoms with Crippen LogP contribution in [0, 0.1) is 0 Å². The molecule has 1 rings (SSSR count). The van der Waals surface area contributed by atoms with Crippen LogP contribution in [0.5, 0.6) is 0 Å². The quantitative estimate of drug-likeness (QED) is 0.606. The maximum absolute atomic E-state index is 11.9. The van der Waals surface area contributed by atoms with Crippen molar-refractivity contribution in [3.63, 3.8) is 0 Å². The van der Waals surface area contributed by atoms with Crippen LogP contribution >= 0.6 is 11.8 Å². The first-order chi connectivity index (χ1) is 8.48.